The lowest BCUT2D eigenvalue weighted by Crippen LogP contribution is -1.90. The number of hydrogen-bond acceptors (Lipinski definition) is 3. The van der Waals surface area contributed by atoms with Crippen LogP contribution < -0.4 is 4.74 Å². The van der Waals surface area contributed by atoms with Gasteiger partial charge in [-0.25, -0.2) is 0 Å². The smallest absolute Gasteiger partial charge is 0.269 e. The molecule has 0 aliphatic heterocycles. The van der Waals surface area contributed by atoms with E-state index in [0.717, 1.165) is 6.42 Å². The highest BCUT2D eigenvalue weighted by Crippen LogP contribution is 2.17. The highest BCUT2D eigenvalue weighted by Gasteiger charge is 2.03. The van der Waals surface area contributed by atoms with E-state index in [1.54, 1.807) is 18.7 Å². The average molecular weight is 180 g/mol. The zero-order valence-electron chi connectivity index (χ0n) is 7.27. The fraction of sp³-hybridized carbons (Fsp3) is 0.222. The molecule has 0 saturated heterocycles. The summed E-state index contributed by atoms with van der Waals surface area (Å²) in [5.74, 6) is 0.618. The standard InChI is InChI=1S/C9H10NO3/c1-2-7-13-9-5-3-8(4-6-9)10(11)12/h3-7H,2H2,1H3. The average Bonchev–Trinajstić information content (AvgIpc) is 2.15. The quantitative estimate of drug-likeness (QED) is 0.528. The Balaban J connectivity index is 2.64. The van der Waals surface area contributed by atoms with E-state index < -0.39 is 4.92 Å². The second-order valence-electron chi connectivity index (χ2n) is 2.44. The normalized spacial score (nSPS) is 9.62. The fourth-order valence-corrected chi connectivity index (χ4v) is 0.826. The minimum absolute atomic E-state index is 0.0730. The third-order valence-electron chi connectivity index (χ3n) is 1.43. The summed E-state index contributed by atoms with van der Waals surface area (Å²) in [6.07, 6.45) is 0.803. The van der Waals surface area contributed by atoms with E-state index in [2.05, 4.69) is 0 Å². The van der Waals surface area contributed by atoms with Crippen molar-refractivity contribution in [1.82, 2.24) is 0 Å². The van der Waals surface area contributed by atoms with Crippen molar-refractivity contribution in [3.63, 3.8) is 0 Å². The Morgan fingerprint density at radius 3 is 2.54 bits per heavy atom. The molecule has 0 unspecified atom stereocenters. The third-order valence-corrected chi connectivity index (χ3v) is 1.43. The van der Waals surface area contributed by atoms with E-state index in [1.807, 2.05) is 6.92 Å². The lowest BCUT2D eigenvalue weighted by atomic mass is 10.3. The molecule has 13 heavy (non-hydrogen) atoms. The lowest BCUT2D eigenvalue weighted by Gasteiger charge is -2.01. The first-order valence-electron chi connectivity index (χ1n) is 3.97. The Hall–Kier alpha value is -1.58. The second kappa shape index (κ2) is 4.45. The number of rotatable bonds is 4. The fourth-order valence-electron chi connectivity index (χ4n) is 0.826. The van der Waals surface area contributed by atoms with Crippen LogP contribution in [0.4, 0.5) is 5.69 Å². The number of ether oxygens (including phenoxy) is 1. The van der Waals surface area contributed by atoms with Crippen LogP contribution in [0.25, 0.3) is 0 Å². The van der Waals surface area contributed by atoms with Crippen LogP contribution in [0.15, 0.2) is 24.3 Å². The summed E-state index contributed by atoms with van der Waals surface area (Å²) >= 11 is 0. The van der Waals surface area contributed by atoms with Crippen molar-refractivity contribution < 1.29 is 9.66 Å². The number of non-ortho nitro benzene ring substituents is 1. The summed E-state index contributed by atoms with van der Waals surface area (Å²) in [6, 6.07) is 5.98. The molecule has 0 heterocycles. The summed E-state index contributed by atoms with van der Waals surface area (Å²) in [7, 11) is 0. The molecule has 0 amide bonds. The molecular formula is C9H10NO3. The summed E-state index contributed by atoms with van der Waals surface area (Å²) in [5, 5.41) is 10.3. The Kier molecular flexibility index (Phi) is 3.25. The van der Waals surface area contributed by atoms with Crippen LogP contribution in [0.1, 0.15) is 13.3 Å². The molecule has 0 N–H and O–H groups in total. The van der Waals surface area contributed by atoms with Crippen molar-refractivity contribution in [3.05, 3.63) is 41.0 Å². The molecule has 4 heteroatoms. The molecule has 0 atom stereocenters. The van der Waals surface area contributed by atoms with Crippen molar-refractivity contribution in [2.45, 2.75) is 13.3 Å². The summed E-state index contributed by atoms with van der Waals surface area (Å²) in [5.41, 5.74) is 0.0730. The zero-order chi connectivity index (χ0) is 9.68. The molecule has 0 aromatic heterocycles. The zero-order valence-corrected chi connectivity index (χ0v) is 7.27. The summed E-state index contributed by atoms with van der Waals surface area (Å²) < 4.78 is 5.14. The molecule has 1 aromatic rings. The highest BCUT2D eigenvalue weighted by molar-refractivity contribution is 5.36. The van der Waals surface area contributed by atoms with Gasteiger partial charge in [0, 0.05) is 12.1 Å². The van der Waals surface area contributed by atoms with E-state index in [1.165, 1.54) is 12.1 Å². The first kappa shape index (κ1) is 9.51. The van der Waals surface area contributed by atoms with Gasteiger partial charge >= 0.3 is 0 Å². The van der Waals surface area contributed by atoms with Gasteiger partial charge < -0.3 is 4.74 Å². The topological polar surface area (TPSA) is 52.4 Å². The third kappa shape index (κ3) is 2.74. The van der Waals surface area contributed by atoms with Gasteiger partial charge in [-0.3, -0.25) is 10.1 Å². The first-order valence-corrected chi connectivity index (χ1v) is 3.97. The van der Waals surface area contributed by atoms with Crippen molar-refractivity contribution in [2.75, 3.05) is 0 Å². The predicted molar refractivity (Wildman–Crippen MR) is 48.3 cm³/mol. The van der Waals surface area contributed by atoms with Crippen molar-refractivity contribution in [3.8, 4) is 5.75 Å². The molecule has 69 valence electrons. The molecular weight excluding hydrogens is 170 g/mol. The molecule has 0 saturated carbocycles. The predicted octanol–water partition coefficient (Wildman–Crippen LogP) is 2.55. The largest absolute Gasteiger partial charge is 0.487 e. The van der Waals surface area contributed by atoms with E-state index in [9.17, 15) is 10.1 Å². The van der Waals surface area contributed by atoms with Gasteiger partial charge in [-0.2, -0.15) is 0 Å². The SMILES string of the molecule is CC[CH]Oc1ccc([N+](=O)[O-])cc1. The van der Waals surface area contributed by atoms with Crippen molar-refractivity contribution in [1.29, 1.82) is 0 Å². The lowest BCUT2D eigenvalue weighted by molar-refractivity contribution is -0.384. The molecule has 1 aromatic carbocycles. The maximum atomic E-state index is 10.3. The van der Waals surface area contributed by atoms with Crippen LogP contribution in [0, 0.1) is 16.7 Å². The van der Waals surface area contributed by atoms with E-state index >= 15 is 0 Å². The second-order valence-corrected chi connectivity index (χ2v) is 2.44. The van der Waals surface area contributed by atoms with E-state index in [-0.39, 0.29) is 5.69 Å². The monoisotopic (exact) mass is 180 g/mol. The molecule has 0 bridgehead atoms. The molecule has 1 radical (unpaired) electrons. The van der Waals surface area contributed by atoms with Gasteiger partial charge in [-0.15, -0.1) is 0 Å². The van der Waals surface area contributed by atoms with Crippen molar-refractivity contribution in [2.24, 2.45) is 0 Å². The first-order chi connectivity index (χ1) is 6.24. The summed E-state index contributed by atoms with van der Waals surface area (Å²) in [6.45, 7) is 3.59. The number of benzene rings is 1. The van der Waals surface area contributed by atoms with Crippen LogP contribution in [-0.4, -0.2) is 4.92 Å². The van der Waals surface area contributed by atoms with Gasteiger partial charge in [0.05, 0.1) is 4.92 Å². The maximum absolute atomic E-state index is 10.3. The van der Waals surface area contributed by atoms with Crippen LogP contribution >= 0.6 is 0 Å². The van der Waals surface area contributed by atoms with Gasteiger partial charge in [0.1, 0.15) is 12.4 Å². The van der Waals surface area contributed by atoms with Gasteiger partial charge in [0.2, 0.25) is 0 Å². The molecule has 0 aliphatic carbocycles. The minimum Gasteiger partial charge on any atom is -0.487 e. The maximum Gasteiger partial charge on any atom is 0.269 e. The number of nitro groups is 1. The van der Waals surface area contributed by atoms with E-state index in [0.29, 0.717) is 5.75 Å². The number of nitro benzene ring substituents is 1. The summed E-state index contributed by atoms with van der Waals surface area (Å²) in [4.78, 5) is 9.85. The van der Waals surface area contributed by atoms with Gasteiger partial charge in [-0.1, -0.05) is 6.92 Å². The Morgan fingerprint density at radius 2 is 2.08 bits per heavy atom. The van der Waals surface area contributed by atoms with Crippen LogP contribution in [0.3, 0.4) is 0 Å². The Bertz CT molecular complexity index is 281. The number of hydrogen-bond donors (Lipinski definition) is 0. The van der Waals surface area contributed by atoms with Crippen LogP contribution in [0.5, 0.6) is 5.75 Å². The minimum atomic E-state index is -0.437. The number of nitrogens with zero attached hydrogens (tertiary/aromatic N) is 1. The molecule has 0 aliphatic rings. The van der Waals surface area contributed by atoms with Gasteiger partial charge in [0.15, 0.2) is 0 Å². The molecule has 1 rings (SSSR count). The van der Waals surface area contributed by atoms with Gasteiger partial charge in [-0.05, 0) is 18.6 Å². The Morgan fingerprint density at radius 1 is 1.46 bits per heavy atom. The molecule has 0 fully saturated rings. The van der Waals surface area contributed by atoms with Crippen LogP contribution in [-0.2, 0) is 0 Å². The van der Waals surface area contributed by atoms with Crippen LogP contribution in [0.2, 0.25) is 0 Å². The Labute approximate surface area is 76.3 Å². The molecule has 0 spiro atoms. The highest BCUT2D eigenvalue weighted by atomic mass is 16.6. The van der Waals surface area contributed by atoms with Crippen molar-refractivity contribution >= 4 is 5.69 Å². The molecule has 4 nitrogen and oxygen atoms in total. The van der Waals surface area contributed by atoms with E-state index in [4.69, 9.17) is 4.74 Å². The van der Waals surface area contributed by atoms with Gasteiger partial charge in [0.25, 0.3) is 5.69 Å².